The monoisotopic (exact) mass is 464 g/mol. The first-order valence-corrected chi connectivity index (χ1v) is 13.5. The molecule has 5 aliphatic rings. The Hall–Kier alpha value is -1.49. The van der Waals surface area contributed by atoms with Crippen LogP contribution in [-0.2, 0) is 9.47 Å². The summed E-state index contributed by atoms with van der Waals surface area (Å²) < 4.78 is 12.9. The lowest BCUT2D eigenvalue weighted by Gasteiger charge is -2.55. The summed E-state index contributed by atoms with van der Waals surface area (Å²) in [5.74, 6) is 1.52. The van der Waals surface area contributed by atoms with Gasteiger partial charge in [0.05, 0.1) is 19.3 Å². The van der Waals surface area contributed by atoms with Crippen LogP contribution in [0.25, 0.3) is 0 Å². The lowest BCUT2D eigenvalue weighted by atomic mass is 9.52. The molecule has 4 aliphatic carbocycles. The van der Waals surface area contributed by atoms with Crippen LogP contribution >= 0.6 is 0 Å². The topological polar surface area (TPSA) is 55.8 Å². The average molecular weight is 465 g/mol. The smallest absolute Gasteiger partial charge is 0.169 e. The molecule has 6 atom stereocenters. The maximum Gasteiger partial charge on any atom is 0.169 e. The Morgan fingerprint density at radius 2 is 1.82 bits per heavy atom. The summed E-state index contributed by atoms with van der Waals surface area (Å²) in [7, 11) is 0. The second-order valence-electron chi connectivity index (χ2n) is 13.0. The Balaban J connectivity index is 1.39. The summed E-state index contributed by atoms with van der Waals surface area (Å²) in [4.78, 5) is 11.6. The molecule has 3 saturated carbocycles. The third kappa shape index (κ3) is 3.55. The van der Waals surface area contributed by atoms with E-state index in [4.69, 9.17) is 9.47 Å². The van der Waals surface area contributed by atoms with Crippen LogP contribution in [0.15, 0.2) is 35.4 Å². The third-order valence-electron chi connectivity index (χ3n) is 10.2. The van der Waals surface area contributed by atoms with E-state index in [0.717, 1.165) is 63.6 Å². The van der Waals surface area contributed by atoms with Gasteiger partial charge in [0, 0.05) is 29.7 Å². The van der Waals surface area contributed by atoms with E-state index in [-0.39, 0.29) is 22.9 Å². The first-order chi connectivity index (χ1) is 16.2. The van der Waals surface area contributed by atoms with Gasteiger partial charge in [-0.1, -0.05) is 50.1 Å². The molecule has 6 unspecified atom stereocenters. The number of aliphatic hydroxyl groups is 1. The van der Waals surface area contributed by atoms with Crippen molar-refractivity contribution in [1.82, 2.24) is 0 Å². The predicted molar refractivity (Wildman–Crippen MR) is 132 cm³/mol. The number of aliphatic hydroxyl groups excluding tert-OH is 1. The van der Waals surface area contributed by atoms with Gasteiger partial charge < -0.3 is 14.6 Å². The van der Waals surface area contributed by atoms with Crippen molar-refractivity contribution in [2.75, 3.05) is 13.2 Å². The number of aldehydes is 1. The van der Waals surface area contributed by atoms with Crippen LogP contribution in [0.5, 0.6) is 0 Å². The van der Waals surface area contributed by atoms with Crippen LogP contribution in [0.2, 0.25) is 0 Å². The fourth-order valence-electron chi connectivity index (χ4n) is 8.35. The normalized spacial score (nSPS) is 40.4. The fraction of sp³-hybridized carbons (Fsp3) is 0.700. The standard InChI is InChI=1S/C30H40O4/c1-28(2)17-33-30(34-18-28)12-11-22-21(14-30)7-8-23-25-9-10-26(32)29(25,3)15-24(27(22)23)20-6-4-5-19(13-20)16-31/h4-6,13,16,21,23-26,32H,7-12,14-15,17-18H2,1-3H3. The molecule has 4 fully saturated rings. The second-order valence-corrected chi connectivity index (χ2v) is 13.0. The van der Waals surface area contributed by atoms with Crippen molar-refractivity contribution in [1.29, 1.82) is 0 Å². The van der Waals surface area contributed by atoms with E-state index in [1.165, 1.54) is 18.4 Å². The van der Waals surface area contributed by atoms with Crippen molar-refractivity contribution >= 4 is 6.29 Å². The molecule has 1 heterocycles. The molecule has 1 aromatic carbocycles. The number of ether oxygens (including phenoxy) is 2. The van der Waals surface area contributed by atoms with Gasteiger partial charge in [0.2, 0.25) is 0 Å². The quantitative estimate of drug-likeness (QED) is 0.428. The molecular formula is C30H40O4. The number of carbonyl (C=O) groups excluding carboxylic acids is 1. The summed E-state index contributed by atoms with van der Waals surface area (Å²) in [5, 5.41) is 11.1. The van der Waals surface area contributed by atoms with Gasteiger partial charge in [-0.15, -0.1) is 0 Å². The number of rotatable bonds is 2. The third-order valence-corrected chi connectivity index (χ3v) is 10.2. The van der Waals surface area contributed by atoms with E-state index in [1.807, 2.05) is 12.1 Å². The lowest BCUT2D eigenvalue weighted by molar-refractivity contribution is -0.312. The van der Waals surface area contributed by atoms with Crippen LogP contribution in [0, 0.1) is 28.6 Å². The van der Waals surface area contributed by atoms with Crippen LogP contribution in [-0.4, -0.2) is 36.5 Å². The van der Waals surface area contributed by atoms with E-state index < -0.39 is 5.79 Å². The minimum absolute atomic E-state index is 0.0412. The van der Waals surface area contributed by atoms with Crippen LogP contribution in [0.4, 0.5) is 0 Å². The maximum atomic E-state index is 11.6. The molecule has 1 N–H and O–H groups in total. The summed E-state index contributed by atoms with van der Waals surface area (Å²) in [6, 6.07) is 8.23. The highest BCUT2D eigenvalue weighted by atomic mass is 16.7. The molecule has 0 radical (unpaired) electrons. The van der Waals surface area contributed by atoms with Crippen molar-refractivity contribution < 1.29 is 19.4 Å². The van der Waals surface area contributed by atoms with Crippen molar-refractivity contribution in [3.05, 3.63) is 46.5 Å². The van der Waals surface area contributed by atoms with Crippen molar-refractivity contribution in [3.8, 4) is 0 Å². The van der Waals surface area contributed by atoms with Gasteiger partial charge in [0.25, 0.3) is 0 Å². The molecule has 0 aromatic heterocycles. The van der Waals surface area contributed by atoms with Crippen LogP contribution < -0.4 is 0 Å². The van der Waals surface area contributed by atoms with E-state index in [0.29, 0.717) is 17.8 Å². The van der Waals surface area contributed by atoms with E-state index in [2.05, 4.69) is 32.9 Å². The molecular weight excluding hydrogens is 424 g/mol. The first kappa shape index (κ1) is 22.9. The van der Waals surface area contributed by atoms with Crippen molar-refractivity contribution in [2.24, 2.45) is 28.6 Å². The fourth-order valence-corrected chi connectivity index (χ4v) is 8.35. The molecule has 184 valence electrons. The van der Waals surface area contributed by atoms with Crippen molar-refractivity contribution in [2.45, 2.75) is 89.9 Å². The van der Waals surface area contributed by atoms with Gasteiger partial charge in [-0.2, -0.15) is 0 Å². The highest BCUT2D eigenvalue weighted by Crippen LogP contribution is 2.65. The second kappa shape index (κ2) is 8.01. The molecule has 34 heavy (non-hydrogen) atoms. The molecule has 1 aliphatic heterocycles. The Bertz CT molecular complexity index is 999. The molecule has 4 nitrogen and oxygen atoms in total. The van der Waals surface area contributed by atoms with E-state index in [9.17, 15) is 9.90 Å². The first-order valence-electron chi connectivity index (χ1n) is 13.5. The van der Waals surface area contributed by atoms with E-state index in [1.54, 1.807) is 11.1 Å². The lowest BCUT2D eigenvalue weighted by Crippen LogP contribution is -2.52. The molecule has 0 bridgehead atoms. The summed E-state index contributed by atoms with van der Waals surface area (Å²) in [6.07, 6.45) is 9.14. The molecule has 6 rings (SSSR count). The summed E-state index contributed by atoms with van der Waals surface area (Å²) >= 11 is 0. The van der Waals surface area contributed by atoms with Crippen LogP contribution in [0.1, 0.15) is 94.0 Å². The van der Waals surface area contributed by atoms with Gasteiger partial charge in [0.1, 0.15) is 6.29 Å². The minimum Gasteiger partial charge on any atom is -0.393 e. The predicted octanol–water partition coefficient (Wildman–Crippen LogP) is 6.04. The zero-order chi connectivity index (χ0) is 23.7. The van der Waals surface area contributed by atoms with Gasteiger partial charge >= 0.3 is 0 Å². The number of allylic oxidation sites excluding steroid dienone is 2. The Kier molecular flexibility index (Phi) is 5.41. The number of fused-ring (bicyclic) bond motifs is 4. The Morgan fingerprint density at radius 1 is 1.03 bits per heavy atom. The van der Waals surface area contributed by atoms with Gasteiger partial charge in [-0.25, -0.2) is 0 Å². The highest BCUT2D eigenvalue weighted by Gasteiger charge is 2.57. The molecule has 4 heteroatoms. The SMILES string of the molecule is CC1(C)COC2(CCC3=C4C(c5cccc(C=O)c5)CC5(C)C(O)CCC5C4CCC3C2)OC1. The van der Waals surface area contributed by atoms with Crippen molar-refractivity contribution in [3.63, 3.8) is 0 Å². The highest BCUT2D eigenvalue weighted by molar-refractivity contribution is 5.75. The molecule has 1 aromatic rings. The zero-order valence-corrected chi connectivity index (χ0v) is 21.0. The molecule has 0 amide bonds. The number of carbonyl (C=O) groups is 1. The van der Waals surface area contributed by atoms with Crippen LogP contribution in [0.3, 0.4) is 0 Å². The maximum absolute atomic E-state index is 11.6. The largest absolute Gasteiger partial charge is 0.393 e. The van der Waals surface area contributed by atoms with E-state index >= 15 is 0 Å². The minimum atomic E-state index is -0.406. The average Bonchev–Trinajstić information content (AvgIpc) is 3.14. The van der Waals surface area contributed by atoms with Gasteiger partial charge in [-0.3, -0.25) is 4.79 Å². The van der Waals surface area contributed by atoms with Gasteiger partial charge in [-0.05, 0) is 73.3 Å². The summed E-state index contributed by atoms with van der Waals surface area (Å²) in [6.45, 7) is 8.31. The molecule has 1 saturated heterocycles. The Morgan fingerprint density at radius 3 is 2.59 bits per heavy atom. The molecule has 1 spiro atoms. The Labute approximate surface area is 204 Å². The number of benzene rings is 1. The van der Waals surface area contributed by atoms with Gasteiger partial charge in [0.15, 0.2) is 5.79 Å². The zero-order valence-electron chi connectivity index (χ0n) is 21.0. The summed E-state index contributed by atoms with van der Waals surface area (Å²) in [5.41, 5.74) is 5.36. The number of hydrogen-bond donors (Lipinski definition) is 1. The number of hydrogen-bond acceptors (Lipinski definition) is 4.